The molecule has 8 nitrogen and oxygen atoms in total. The average Bonchev–Trinajstić information content (AvgIpc) is 2.51. The molecule has 0 spiro atoms. The van der Waals surface area contributed by atoms with Gasteiger partial charge in [-0.3, -0.25) is 19.2 Å². The van der Waals surface area contributed by atoms with Crippen LogP contribution < -0.4 is 9.62 Å². The van der Waals surface area contributed by atoms with E-state index in [4.69, 9.17) is 0 Å². The quantitative estimate of drug-likeness (QED) is 0.546. The summed E-state index contributed by atoms with van der Waals surface area (Å²) in [5.41, 5.74) is 0.440. The summed E-state index contributed by atoms with van der Waals surface area (Å²) in [7, 11) is -3.85. The van der Waals surface area contributed by atoms with Gasteiger partial charge in [-0.05, 0) is 31.7 Å². The molecule has 0 saturated carbocycles. The van der Waals surface area contributed by atoms with Gasteiger partial charge in [-0.1, -0.05) is 26.8 Å². The number of nitrogens with zero attached hydrogens (tertiary/aromatic N) is 2. The molecule has 0 aliphatic heterocycles. The van der Waals surface area contributed by atoms with Crippen molar-refractivity contribution in [3.8, 4) is 0 Å². The monoisotopic (exact) mass is 385 g/mol. The van der Waals surface area contributed by atoms with Gasteiger partial charge in [-0.25, -0.2) is 8.42 Å². The zero-order chi connectivity index (χ0) is 20.2. The van der Waals surface area contributed by atoms with Gasteiger partial charge in [0, 0.05) is 18.2 Å². The molecule has 0 heterocycles. The third-order valence-corrected chi connectivity index (χ3v) is 5.51. The fourth-order valence-electron chi connectivity index (χ4n) is 2.47. The highest BCUT2D eigenvalue weighted by Crippen LogP contribution is 2.30. The summed E-state index contributed by atoms with van der Waals surface area (Å²) in [6.45, 7) is 9.10. The van der Waals surface area contributed by atoms with Crippen LogP contribution in [0.4, 0.5) is 11.4 Å². The summed E-state index contributed by atoms with van der Waals surface area (Å²) in [6.07, 6.45) is 1.22. The molecule has 0 aliphatic carbocycles. The number of hydrogen-bond donors (Lipinski definition) is 1. The Balaban J connectivity index is 3.44. The van der Waals surface area contributed by atoms with Crippen LogP contribution in [0, 0.1) is 23.0 Å². The van der Waals surface area contributed by atoms with Gasteiger partial charge in [-0.15, -0.1) is 0 Å². The molecule has 146 valence electrons. The summed E-state index contributed by atoms with van der Waals surface area (Å²) in [6, 6.07) is 2.85. The second-order valence-corrected chi connectivity index (χ2v) is 8.61. The lowest BCUT2D eigenvalue weighted by Crippen LogP contribution is -2.52. The predicted octanol–water partition coefficient (Wildman–Crippen LogP) is 2.61. The lowest BCUT2D eigenvalue weighted by Gasteiger charge is -2.32. The average molecular weight is 385 g/mol. The summed E-state index contributed by atoms with van der Waals surface area (Å²) in [5, 5.41) is 13.9. The molecule has 26 heavy (non-hydrogen) atoms. The third kappa shape index (κ3) is 5.17. The summed E-state index contributed by atoms with van der Waals surface area (Å²) >= 11 is 0. The van der Waals surface area contributed by atoms with Gasteiger partial charge in [0.05, 0.1) is 16.9 Å². The number of amides is 1. The molecule has 1 aromatic carbocycles. The summed E-state index contributed by atoms with van der Waals surface area (Å²) < 4.78 is 25.9. The Bertz CT molecular complexity index is 777. The van der Waals surface area contributed by atoms with Gasteiger partial charge in [-0.2, -0.15) is 0 Å². The van der Waals surface area contributed by atoms with E-state index in [0.29, 0.717) is 5.56 Å². The number of aryl methyl sites for hydroxylation is 1. The van der Waals surface area contributed by atoms with E-state index < -0.39 is 26.9 Å². The molecule has 0 bridgehead atoms. The van der Waals surface area contributed by atoms with Gasteiger partial charge in [0.2, 0.25) is 15.9 Å². The maximum atomic E-state index is 12.7. The standard InChI is InChI=1S/C17H27N3O5S/c1-7-15(17(21)18-13(5)11(2)3)19(26(6,24)25)16-10-14(20(22)23)9-8-12(16)4/h8-11,13,15H,7H2,1-6H3,(H,18,21)/t13-,15+/m1/s1. The zero-order valence-electron chi connectivity index (χ0n) is 16.0. The van der Waals surface area contributed by atoms with Gasteiger partial charge in [0.1, 0.15) is 6.04 Å². The van der Waals surface area contributed by atoms with Crippen LogP contribution >= 0.6 is 0 Å². The highest BCUT2D eigenvalue weighted by molar-refractivity contribution is 7.92. The van der Waals surface area contributed by atoms with Crippen molar-refractivity contribution in [2.45, 2.75) is 53.1 Å². The van der Waals surface area contributed by atoms with Gasteiger partial charge in [0.25, 0.3) is 5.69 Å². The number of nitro groups is 1. The molecule has 0 aromatic heterocycles. The summed E-state index contributed by atoms with van der Waals surface area (Å²) in [4.78, 5) is 23.2. The minimum absolute atomic E-state index is 0.135. The van der Waals surface area contributed by atoms with Crippen LogP contribution in [0.25, 0.3) is 0 Å². The number of nitro benzene ring substituents is 1. The number of hydrogen-bond acceptors (Lipinski definition) is 5. The van der Waals surface area contributed by atoms with Crippen LogP contribution in [-0.4, -0.2) is 37.6 Å². The van der Waals surface area contributed by atoms with Crippen LogP contribution in [0.1, 0.15) is 39.7 Å². The Hall–Kier alpha value is -2.16. The third-order valence-electron chi connectivity index (χ3n) is 4.34. The highest BCUT2D eigenvalue weighted by atomic mass is 32.2. The molecule has 9 heteroatoms. The Morgan fingerprint density at radius 2 is 1.88 bits per heavy atom. The van der Waals surface area contributed by atoms with Crippen molar-refractivity contribution >= 4 is 27.3 Å². The normalized spacial score (nSPS) is 14.0. The second kappa shape index (κ2) is 8.48. The molecule has 2 atom stereocenters. The molecular weight excluding hydrogens is 358 g/mol. The molecule has 1 rings (SSSR count). The topological polar surface area (TPSA) is 110 Å². The number of carbonyl (C=O) groups is 1. The van der Waals surface area contributed by atoms with Crippen LogP contribution in [0.2, 0.25) is 0 Å². The van der Waals surface area contributed by atoms with Crippen molar-refractivity contribution in [1.82, 2.24) is 5.32 Å². The van der Waals surface area contributed by atoms with Crippen molar-refractivity contribution in [3.05, 3.63) is 33.9 Å². The fourth-order valence-corrected chi connectivity index (χ4v) is 3.73. The number of sulfonamides is 1. The first-order chi connectivity index (χ1) is 11.9. The van der Waals surface area contributed by atoms with Gasteiger partial charge in [0.15, 0.2) is 0 Å². The molecule has 0 unspecified atom stereocenters. The van der Waals surface area contributed by atoms with Crippen molar-refractivity contribution in [2.24, 2.45) is 5.92 Å². The first kappa shape index (κ1) is 21.9. The number of rotatable bonds is 8. The van der Waals surface area contributed by atoms with Crippen molar-refractivity contribution < 1.29 is 18.1 Å². The van der Waals surface area contributed by atoms with Crippen LogP contribution in [0.5, 0.6) is 0 Å². The zero-order valence-corrected chi connectivity index (χ0v) is 16.8. The first-order valence-corrected chi connectivity index (χ1v) is 10.3. The molecule has 0 saturated heterocycles. The Morgan fingerprint density at radius 3 is 2.31 bits per heavy atom. The molecule has 0 fully saturated rings. The Labute approximate surface area is 154 Å². The number of anilines is 1. The number of non-ortho nitro benzene ring substituents is 1. The van der Waals surface area contributed by atoms with E-state index in [2.05, 4.69) is 5.32 Å². The number of benzene rings is 1. The second-order valence-electron chi connectivity index (χ2n) is 6.75. The van der Waals surface area contributed by atoms with E-state index in [9.17, 15) is 23.3 Å². The van der Waals surface area contributed by atoms with Crippen molar-refractivity contribution in [2.75, 3.05) is 10.6 Å². The lowest BCUT2D eigenvalue weighted by molar-refractivity contribution is -0.384. The molecule has 0 aliphatic rings. The van der Waals surface area contributed by atoms with E-state index in [1.54, 1.807) is 13.8 Å². The fraction of sp³-hybridized carbons (Fsp3) is 0.588. The van der Waals surface area contributed by atoms with Gasteiger partial charge >= 0.3 is 0 Å². The van der Waals surface area contributed by atoms with E-state index in [1.807, 2.05) is 20.8 Å². The van der Waals surface area contributed by atoms with Gasteiger partial charge < -0.3 is 5.32 Å². The molecule has 1 aromatic rings. The van der Waals surface area contributed by atoms with Crippen LogP contribution in [-0.2, 0) is 14.8 Å². The molecule has 1 N–H and O–H groups in total. The molecule has 1 amide bonds. The van der Waals surface area contributed by atoms with Crippen LogP contribution in [0.3, 0.4) is 0 Å². The Kier molecular flexibility index (Phi) is 7.14. The van der Waals surface area contributed by atoms with Crippen molar-refractivity contribution in [3.63, 3.8) is 0 Å². The van der Waals surface area contributed by atoms with E-state index in [1.165, 1.54) is 18.2 Å². The SMILES string of the molecule is CC[C@@H](C(=O)N[C@H](C)C(C)C)N(c1cc([N+](=O)[O-])ccc1C)S(C)(=O)=O. The van der Waals surface area contributed by atoms with Crippen molar-refractivity contribution in [1.29, 1.82) is 0 Å². The smallest absolute Gasteiger partial charge is 0.271 e. The maximum absolute atomic E-state index is 12.7. The van der Waals surface area contributed by atoms with Crippen LogP contribution in [0.15, 0.2) is 18.2 Å². The highest BCUT2D eigenvalue weighted by Gasteiger charge is 2.34. The maximum Gasteiger partial charge on any atom is 0.271 e. The molecule has 0 radical (unpaired) electrons. The predicted molar refractivity (Wildman–Crippen MR) is 102 cm³/mol. The first-order valence-electron chi connectivity index (χ1n) is 8.44. The molecular formula is C17H27N3O5S. The minimum Gasteiger partial charge on any atom is -0.352 e. The largest absolute Gasteiger partial charge is 0.352 e. The number of carbonyl (C=O) groups excluding carboxylic acids is 1. The lowest BCUT2D eigenvalue weighted by atomic mass is 10.1. The Morgan fingerprint density at radius 1 is 1.31 bits per heavy atom. The number of nitrogens with one attached hydrogen (secondary N) is 1. The van der Waals surface area contributed by atoms with E-state index >= 15 is 0 Å². The van der Waals surface area contributed by atoms with E-state index in [0.717, 1.165) is 10.6 Å². The summed E-state index contributed by atoms with van der Waals surface area (Å²) in [5.74, 6) is -0.243. The minimum atomic E-state index is -3.85. The van der Waals surface area contributed by atoms with E-state index in [-0.39, 0.29) is 29.8 Å².